The fourth-order valence-corrected chi connectivity index (χ4v) is 5.30. The maximum atomic E-state index is 13.5. The highest BCUT2D eigenvalue weighted by atomic mass is 79.9. The quantitative estimate of drug-likeness (QED) is 0.644. The Balaban J connectivity index is 1.39. The molecule has 0 aromatic heterocycles. The van der Waals surface area contributed by atoms with E-state index in [1.165, 1.54) is 12.1 Å². The lowest BCUT2D eigenvalue weighted by Crippen LogP contribution is -2.57. The average molecular weight is 502 g/mol. The van der Waals surface area contributed by atoms with Gasteiger partial charge in [0.15, 0.2) is 0 Å². The van der Waals surface area contributed by atoms with Gasteiger partial charge in [-0.3, -0.25) is 14.5 Å². The smallest absolute Gasteiger partial charge is 0.253 e. The fourth-order valence-electron chi connectivity index (χ4n) is 4.90. The van der Waals surface area contributed by atoms with Gasteiger partial charge in [-0.05, 0) is 54.7 Å². The highest BCUT2D eigenvalue weighted by Crippen LogP contribution is 2.31. The van der Waals surface area contributed by atoms with E-state index in [2.05, 4.69) is 26.1 Å². The van der Waals surface area contributed by atoms with Crippen LogP contribution in [0.2, 0.25) is 0 Å². The molecule has 170 valence electrons. The van der Waals surface area contributed by atoms with E-state index in [4.69, 9.17) is 0 Å². The molecule has 5 nitrogen and oxygen atoms in total. The summed E-state index contributed by atoms with van der Waals surface area (Å²) in [6, 6.07) is 13.6. The monoisotopic (exact) mass is 501 g/mol. The summed E-state index contributed by atoms with van der Waals surface area (Å²) in [6.45, 7) is 2.88. The Morgan fingerprint density at radius 3 is 2.44 bits per heavy atom. The summed E-state index contributed by atoms with van der Waals surface area (Å²) in [6.07, 6.45) is 4.41. The molecule has 0 spiro atoms. The second-order valence-electron chi connectivity index (χ2n) is 8.68. The molecule has 1 heterocycles. The molecule has 2 aliphatic rings. The Labute approximate surface area is 197 Å². The molecule has 32 heavy (non-hydrogen) atoms. The van der Waals surface area contributed by atoms with E-state index in [0.29, 0.717) is 44.2 Å². The summed E-state index contributed by atoms with van der Waals surface area (Å²) < 4.78 is 14.4. The number of carbonyl (C=O) groups is 2. The third kappa shape index (κ3) is 5.56. The predicted molar refractivity (Wildman–Crippen MR) is 126 cm³/mol. The normalized spacial score (nSPS) is 18.5. The zero-order chi connectivity index (χ0) is 22.5. The van der Waals surface area contributed by atoms with Gasteiger partial charge in [0.2, 0.25) is 5.91 Å². The number of hydrogen-bond donors (Lipinski definition) is 1. The number of amides is 2. The Morgan fingerprint density at radius 2 is 1.75 bits per heavy atom. The van der Waals surface area contributed by atoms with Crippen LogP contribution in [0.1, 0.15) is 41.6 Å². The first-order valence-corrected chi connectivity index (χ1v) is 12.1. The van der Waals surface area contributed by atoms with Crippen molar-refractivity contribution >= 4 is 27.7 Å². The summed E-state index contributed by atoms with van der Waals surface area (Å²) in [5, 5.41) is 3.03. The number of carbonyl (C=O) groups excluding carboxylic acids is 2. The number of nitrogens with one attached hydrogen (secondary N) is 1. The van der Waals surface area contributed by atoms with Gasteiger partial charge in [-0.2, -0.15) is 0 Å². The Bertz CT molecular complexity index is 956. The van der Waals surface area contributed by atoms with Gasteiger partial charge in [-0.1, -0.05) is 47.0 Å². The van der Waals surface area contributed by atoms with Crippen molar-refractivity contribution in [2.75, 3.05) is 26.2 Å². The lowest BCUT2D eigenvalue weighted by atomic mass is 9.94. The van der Waals surface area contributed by atoms with Crippen molar-refractivity contribution in [3.63, 3.8) is 0 Å². The first kappa shape index (κ1) is 22.9. The number of halogens is 2. The van der Waals surface area contributed by atoms with Crippen LogP contribution in [0.25, 0.3) is 0 Å². The van der Waals surface area contributed by atoms with Crippen molar-refractivity contribution < 1.29 is 14.0 Å². The number of hydrogen-bond acceptors (Lipinski definition) is 3. The van der Waals surface area contributed by atoms with E-state index in [9.17, 15) is 14.0 Å². The molecule has 2 fully saturated rings. The largest absolute Gasteiger partial charge is 0.351 e. The topological polar surface area (TPSA) is 52.7 Å². The molecular weight excluding hydrogens is 473 g/mol. The molecule has 1 saturated carbocycles. The average Bonchev–Trinajstić information content (AvgIpc) is 3.32. The molecule has 1 saturated heterocycles. The molecule has 2 aromatic rings. The summed E-state index contributed by atoms with van der Waals surface area (Å²) in [5.41, 5.74) is 1.43. The Hall–Kier alpha value is -2.25. The minimum absolute atomic E-state index is 0.00734. The van der Waals surface area contributed by atoms with Crippen LogP contribution in [0, 0.1) is 11.7 Å². The fraction of sp³-hybridized carbons (Fsp3) is 0.440. The van der Waals surface area contributed by atoms with Crippen molar-refractivity contribution in [3.8, 4) is 0 Å². The van der Waals surface area contributed by atoms with Crippen LogP contribution in [-0.2, 0) is 11.3 Å². The number of rotatable bonds is 6. The zero-order valence-electron chi connectivity index (χ0n) is 18.1. The maximum Gasteiger partial charge on any atom is 0.253 e. The number of piperazine rings is 1. The van der Waals surface area contributed by atoms with E-state index >= 15 is 0 Å². The van der Waals surface area contributed by atoms with Crippen molar-refractivity contribution in [2.24, 2.45) is 5.92 Å². The Kier molecular flexibility index (Phi) is 7.58. The molecule has 1 atom stereocenters. The van der Waals surface area contributed by atoms with Gasteiger partial charge in [0.25, 0.3) is 5.91 Å². The van der Waals surface area contributed by atoms with Gasteiger partial charge in [-0.15, -0.1) is 0 Å². The molecule has 4 rings (SSSR count). The van der Waals surface area contributed by atoms with Crippen LogP contribution in [0.5, 0.6) is 0 Å². The van der Waals surface area contributed by atoms with Crippen LogP contribution in [0.15, 0.2) is 53.0 Å². The first-order valence-electron chi connectivity index (χ1n) is 11.3. The first-order chi connectivity index (χ1) is 15.5. The molecule has 2 amide bonds. The minimum atomic E-state index is -0.296. The second-order valence-corrected chi connectivity index (χ2v) is 9.59. The van der Waals surface area contributed by atoms with E-state index < -0.39 is 0 Å². The van der Waals surface area contributed by atoms with Gasteiger partial charge in [0.1, 0.15) is 5.82 Å². The Morgan fingerprint density at radius 1 is 1.03 bits per heavy atom. The molecule has 1 unspecified atom stereocenters. The van der Waals surface area contributed by atoms with Crippen LogP contribution >= 0.6 is 15.9 Å². The van der Waals surface area contributed by atoms with E-state index in [-0.39, 0.29) is 23.7 Å². The SMILES string of the molecule is O=C(NCc1cccc(F)c1)C(C1CCCC1)N1CCN(C(=O)c2cccc(Br)c2)CC1. The van der Waals surface area contributed by atoms with Gasteiger partial charge >= 0.3 is 0 Å². The van der Waals surface area contributed by atoms with E-state index in [1.54, 1.807) is 6.07 Å². The molecule has 0 bridgehead atoms. The molecule has 1 aliphatic heterocycles. The second kappa shape index (κ2) is 10.6. The van der Waals surface area contributed by atoms with Crippen LogP contribution < -0.4 is 5.32 Å². The highest BCUT2D eigenvalue weighted by molar-refractivity contribution is 9.10. The lowest BCUT2D eigenvalue weighted by molar-refractivity contribution is -0.129. The molecule has 2 aromatic carbocycles. The van der Waals surface area contributed by atoms with Crippen LogP contribution in [0.4, 0.5) is 4.39 Å². The standard InChI is InChI=1S/C25H29BrFN3O2/c26-21-9-4-8-20(16-21)25(32)30-13-11-29(12-14-30)23(19-6-1-2-7-19)24(31)28-17-18-5-3-10-22(27)15-18/h3-5,8-10,15-16,19,23H,1-2,6-7,11-14,17H2,(H,28,31). The molecule has 7 heteroatoms. The van der Waals surface area contributed by atoms with Gasteiger partial charge in [-0.25, -0.2) is 4.39 Å². The molecule has 1 aliphatic carbocycles. The van der Waals surface area contributed by atoms with Crippen LogP contribution in [-0.4, -0.2) is 53.8 Å². The summed E-state index contributed by atoms with van der Waals surface area (Å²) in [5.74, 6) is 0.0667. The van der Waals surface area contributed by atoms with Gasteiger partial charge in [0, 0.05) is 42.8 Å². The zero-order valence-corrected chi connectivity index (χ0v) is 19.7. The summed E-state index contributed by atoms with van der Waals surface area (Å²) in [7, 11) is 0. The highest BCUT2D eigenvalue weighted by Gasteiger charge is 2.37. The molecule has 1 N–H and O–H groups in total. The van der Waals surface area contributed by atoms with Crippen LogP contribution in [0.3, 0.4) is 0 Å². The van der Waals surface area contributed by atoms with Crippen molar-refractivity contribution in [3.05, 3.63) is 69.9 Å². The van der Waals surface area contributed by atoms with E-state index in [1.807, 2.05) is 35.2 Å². The maximum absolute atomic E-state index is 13.5. The third-order valence-corrected chi connectivity index (χ3v) is 7.03. The third-order valence-electron chi connectivity index (χ3n) is 6.54. The minimum Gasteiger partial charge on any atom is -0.351 e. The van der Waals surface area contributed by atoms with Gasteiger partial charge < -0.3 is 10.2 Å². The summed E-state index contributed by atoms with van der Waals surface area (Å²) >= 11 is 3.43. The van der Waals surface area contributed by atoms with Crippen molar-refractivity contribution in [1.82, 2.24) is 15.1 Å². The van der Waals surface area contributed by atoms with Crippen molar-refractivity contribution in [2.45, 2.75) is 38.3 Å². The lowest BCUT2D eigenvalue weighted by Gasteiger charge is -2.40. The molecule has 0 radical (unpaired) electrons. The van der Waals surface area contributed by atoms with Gasteiger partial charge in [0.05, 0.1) is 6.04 Å². The van der Waals surface area contributed by atoms with E-state index in [0.717, 1.165) is 35.7 Å². The number of benzene rings is 2. The predicted octanol–water partition coefficient (Wildman–Crippen LogP) is 4.22. The summed E-state index contributed by atoms with van der Waals surface area (Å²) in [4.78, 5) is 30.2. The number of nitrogens with zero attached hydrogens (tertiary/aromatic N) is 2. The molecular formula is C25H29BrFN3O2. The van der Waals surface area contributed by atoms with Crippen molar-refractivity contribution in [1.29, 1.82) is 0 Å².